The normalized spacial score (nSPS) is 14.6. The SMILES string of the molecule is COc1cc(N)c(Cl)cc1C(=O)Nc1cccc(N2CCCCCC2)c1. The van der Waals surface area contributed by atoms with E-state index >= 15 is 0 Å². The number of nitrogens with one attached hydrogen (secondary N) is 1. The molecule has 0 aliphatic carbocycles. The summed E-state index contributed by atoms with van der Waals surface area (Å²) in [5.74, 6) is 0.116. The lowest BCUT2D eigenvalue weighted by molar-refractivity contribution is 0.102. The Morgan fingerprint density at radius 2 is 1.88 bits per heavy atom. The van der Waals surface area contributed by atoms with Crippen molar-refractivity contribution in [3.63, 3.8) is 0 Å². The maximum Gasteiger partial charge on any atom is 0.259 e. The van der Waals surface area contributed by atoms with Gasteiger partial charge in [0.15, 0.2) is 0 Å². The van der Waals surface area contributed by atoms with E-state index in [1.165, 1.54) is 38.9 Å². The molecule has 0 unspecified atom stereocenters. The van der Waals surface area contributed by atoms with E-state index in [0.717, 1.165) is 24.5 Å². The molecule has 26 heavy (non-hydrogen) atoms. The van der Waals surface area contributed by atoms with Crippen molar-refractivity contribution in [1.29, 1.82) is 0 Å². The van der Waals surface area contributed by atoms with Crippen molar-refractivity contribution in [2.24, 2.45) is 0 Å². The molecule has 2 aromatic carbocycles. The molecule has 0 saturated carbocycles. The summed E-state index contributed by atoms with van der Waals surface area (Å²) in [6.07, 6.45) is 4.98. The van der Waals surface area contributed by atoms with Gasteiger partial charge in [0.2, 0.25) is 0 Å². The fourth-order valence-corrected chi connectivity index (χ4v) is 3.39. The number of ether oxygens (including phenoxy) is 1. The number of halogens is 1. The highest BCUT2D eigenvalue weighted by Crippen LogP contribution is 2.30. The standard InChI is InChI=1S/C20H24ClN3O2/c1-26-19-13-18(22)17(21)12-16(19)20(25)23-14-7-6-8-15(11-14)24-9-4-2-3-5-10-24/h6-8,11-13H,2-5,9-10,22H2,1H3,(H,23,25). The molecule has 1 aliphatic rings. The molecular formula is C20H24ClN3O2. The third-order valence-electron chi connectivity index (χ3n) is 4.64. The molecular weight excluding hydrogens is 350 g/mol. The van der Waals surface area contributed by atoms with Crippen LogP contribution in [0.5, 0.6) is 5.75 Å². The topological polar surface area (TPSA) is 67.6 Å². The number of hydrogen-bond donors (Lipinski definition) is 2. The zero-order valence-corrected chi connectivity index (χ0v) is 15.7. The Morgan fingerprint density at radius 3 is 2.58 bits per heavy atom. The molecule has 0 atom stereocenters. The molecule has 5 nitrogen and oxygen atoms in total. The Morgan fingerprint density at radius 1 is 1.15 bits per heavy atom. The van der Waals surface area contributed by atoms with Crippen molar-refractivity contribution < 1.29 is 9.53 Å². The van der Waals surface area contributed by atoms with Gasteiger partial charge in [-0.1, -0.05) is 30.5 Å². The average Bonchev–Trinajstić information content (AvgIpc) is 2.93. The van der Waals surface area contributed by atoms with E-state index in [1.54, 1.807) is 6.07 Å². The summed E-state index contributed by atoms with van der Waals surface area (Å²) in [5, 5.41) is 3.26. The molecule has 1 saturated heterocycles. The number of carbonyl (C=O) groups excluding carboxylic acids is 1. The smallest absolute Gasteiger partial charge is 0.259 e. The van der Waals surface area contributed by atoms with Crippen LogP contribution in [0, 0.1) is 0 Å². The van der Waals surface area contributed by atoms with Crippen LogP contribution in [0.15, 0.2) is 36.4 Å². The minimum Gasteiger partial charge on any atom is -0.496 e. The maximum atomic E-state index is 12.7. The first-order chi connectivity index (χ1) is 12.6. The van der Waals surface area contributed by atoms with Crippen LogP contribution >= 0.6 is 11.6 Å². The number of nitrogen functional groups attached to an aromatic ring is 1. The average molecular weight is 374 g/mol. The summed E-state index contributed by atoms with van der Waals surface area (Å²) in [4.78, 5) is 15.1. The summed E-state index contributed by atoms with van der Waals surface area (Å²) >= 11 is 6.06. The Balaban J connectivity index is 1.80. The van der Waals surface area contributed by atoms with Crippen LogP contribution in [0.1, 0.15) is 36.0 Å². The van der Waals surface area contributed by atoms with Crippen LogP contribution in [0.3, 0.4) is 0 Å². The van der Waals surface area contributed by atoms with Crippen molar-refractivity contribution >= 4 is 34.6 Å². The van der Waals surface area contributed by atoms with E-state index in [-0.39, 0.29) is 5.91 Å². The van der Waals surface area contributed by atoms with Crippen LogP contribution in [-0.4, -0.2) is 26.1 Å². The molecule has 0 aromatic heterocycles. The van der Waals surface area contributed by atoms with Gasteiger partial charge < -0.3 is 20.7 Å². The Labute approximate surface area is 159 Å². The first kappa shape index (κ1) is 18.4. The van der Waals surface area contributed by atoms with E-state index in [0.29, 0.717) is 22.0 Å². The second-order valence-corrected chi connectivity index (χ2v) is 6.89. The number of nitrogens with two attached hydrogens (primary N) is 1. The molecule has 1 heterocycles. The highest BCUT2D eigenvalue weighted by Gasteiger charge is 2.16. The van der Waals surface area contributed by atoms with Gasteiger partial charge in [0, 0.05) is 30.5 Å². The summed E-state index contributed by atoms with van der Waals surface area (Å²) in [6, 6.07) is 11.0. The highest BCUT2D eigenvalue weighted by atomic mass is 35.5. The van der Waals surface area contributed by atoms with E-state index in [9.17, 15) is 4.79 Å². The van der Waals surface area contributed by atoms with Crippen molar-refractivity contribution in [2.45, 2.75) is 25.7 Å². The van der Waals surface area contributed by atoms with Gasteiger partial charge in [-0.3, -0.25) is 4.79 Å². The van der Waals surface area contributed by atoms with Crippen LogP contribution < -0.4 is 20.7 Å². The number of hydrogen-bond acceptors (Lipinski definition) is 4. The summed E-state index contributed by atoms with van der Waals surface area (Å²) < 4.78 is 5.27. The number of carbonyl (C=O) groups is 1. The molecule has 3 N–H and O–H groups in total. The van der Waals surface area contributed by atoms with Gasteiger partial charge in [-0.05, 0) is 37.1 Å². The molecule has 6 heteroatoms. The van der Waals surface area contributed by atoms with Gasteiger partial charge in [-0.15, -0.1) is 0 Å². The first-order valence-electron chi connectivity index (χ1n) is 8.88. The van der Waals surface area contributed by atoms with Gasteiger partial charge >= 0.3 is 0 Å². The largest absolute Gasteiger partial charge is 0.496 e. The third kappa shape index (κ3) is 4.22. The van der Waals surface area contributed by atoms with E-state index in [2.05, 4.69) is 16.3 Å². The lowest BCUT2D eigenvalue weighted by Crippen LogP contribution is -2.24. The maximum absolute atomic E-state index is 12.7. The monoisotopic (exact) mass is 373 g/mol. The second kappa shape index (κ2) is 8.32. The van der Waals surface area contributed by atoms with Crippen LogP contribution in [-0.2, 0) is 0 Å². The zero-order valence-electron chi connectivity index (χ0n) is 14.9. The molecule has 0 radical (unpaired) electrons. The van der Waals surface area contributed by atoms with E-state index in [4.69, 9.17) is 22.1 Å². The number of anilines is 3. The number of rotatable bonds is 4. The molecule has 138 valence electrons. The summed E-state index contributed by atoms with van der Waals surface area (Å²) in [6.45, 7) is 2.11. The molecule has 3 rings (SSSR count). The lowest BCUT2D eigenvalue weighted by atomic mass is 10.1. The van der Waals surface area contributed by atoms with Crippen molar-refractivity contribution in [3.05, 3.63) is 47.0 Å². The van der Waals surface area contributed by atoms with Crippen LogP contribution in [0.4, 0.5) is 17.1 Å². The van der Waals surface area contributed by atoms with Gasteiger partial charge in [-0.2, -0.15) is 0 Å². The van der Waals surface area contributed by atoms with E-state index < -0.39 is 0 Å². The first-order valence-corrected chi connectivity index (χ1v) is 9.25. The Bertz CT molecular complexity index is 787. The molecule has 1 amide bonds. The number of benzene rings is 2. The predicted molar refractivity (Wildman–Crippen MR) is 107 cm³/mol. The number of methoxy groups -OCH3 is 1. The predicted octanol–water partition coefficient (Wildman–Crippen LogP) is 4.56. The highest BCUT2D eigenvalue weighted by molar-refractivity contribution is 6.33. The van der Waals surface area contributed by atoms with Crippen molar-refractivity contribution in [3.8, 4) is 5.75 Å². The minimum absolute atomic E-state index is 0.281. The van der Waals surface area contributed by atoms with Crippen LogP contribution in [0.2, 0.25) is 5.02 Å². The number of amides is 1. The fraction of sp³-hybridized carbons (Fsp3) is 0.350. The second-order valence-electron chi connectivity index (χ2n) is 6.48. The van der Waals surface area contributed by atoms with Crippen LogP contribution in [0.25, 0.3) is 0 Å². The van der Waals surface area contributed by atoms with Gasteiger partial charge in [-0.25, -0.2) is 0 Å². The lowest BCUT2D eigenvalue weighted by Gasteiger charge is -2.23. The molecule has 2 aromatic rings. The van der Waals surface area contributed by atoms with Gasteiger partial charge in [0.1, 0.15) is 5.75 Å². The van der Waals surface area contributed by atoms with Gasteiger partial charge in [0.05, 0.1) is 23.4 Å². The zero-order chi connectivity index (χ0) is 18.5. The Kier molecular flexibility index (Phi) is 5.89. The third-order valence-corrected chi connectivity index (χ3v) is 4.97. The summed E-state index contributed by atoms with van der Waals surface area (Å²) in [5.41, 5.74) is 8.39. The molecule has 1 aliphatic heterocycles. The van der Waals surface area contributed by atoms with E-state index in [1.807, 2.05) is 18.2 Å². The summed E-state index contributed by atoms with van der Waals surface area (Å²) in [7, 11) is 1.50. The fourth-order valence-electron chi connectivity index (χ4n) is 3.22. The molecule has 0 bridgehead atoms. The molecule has 0 spiro atoms. The number of nitrogens with zero attached hydrogens (tertiary/aromatic N) is 1. The van der Waals surface area contributed by atoms with Crippen molar-refractivity contribution in [1.82, 2.24) is 0 Å². The Hall–Kier alpha value is -2.40. The quantitative estimate of drug-likeness (QED) is 0.770. The van der Waals surface area contributed by atoms with Gasteiger partial charge in [0.25, 0.3) is 5.91 Å². The van der Waals surface area contributed by atoms with Crippen molar-refractivity contribution in [2.75, 3.05) is 36.1 Å². The molecule has 1 fully saturated rings. The minimum atomic E-state index is -0.281.